The number of esters is 2. The predicted octanol–water partition coefficient (Wildman–Crippen LogP) is 1.34. The standard InChI is InChI=1S/C23H28N2O8/c1-24-7-5-6-14(24)23(29)33-21-16-11-13(10-15(19(21)26)25(16)2)32-22(28)12-8-17(30-3)20(27)18(9-12)31-4/h5-9,13,15-16,19,21,26-27H,10-11H2,1-4H3/t13-,15+,16-,19-,21+/m1/s1. The molecule has 2 aliphatic rings. The van der Waals surface area contributed by atoms with E-state index in [4.69, 9.17) is 18.9 Å². The first-order valence-corrected chi connectivity index (χ1v) is 10.6. The third kappa shape index (κ3) is 4.11. The Morgan fingerprint density at radius 2 is 1.64 bits per heavy atom. The molecule has 4 rings (SSSR count). The smallest absolute Gasteiger partial charge is 0.355 e. The number of hydrogen-bond acceptors (Lipinski definition) is 9. The summed E-state index contributed by atoms with van der Waals surface area (Å²) in [5.41, 5.74) is 0.560. The number of carbonyl (C=O) groups is 2. The van der Waals surface area contributed by atoms with Gasteiger partial charge in [0.2, 0.25) is 5.75 Å². The second-order valence-corrected chi connectivity index (χ2v) is 8.39. The molecule has 2 N–H and O–H groups in total. The number of rotatable bonds is 6. The number of aliphatic hydroxyl groups is 1. The molecule has 2 saturated heterocycles. The van der Waals surface area contributed by atoms with Crippen molar-refractivity contribution < 1.29 is 38.7 Å². The van der Waals surface area contributed by atoms with Crippen molar-refractivity contribution in [3.8, 4) is 17.2 Å². The van der Waals surface area contributed by atoms with Gasteiger partial charge in [-0.3, -0.25) is 4.90 Å². The van der Waals surface area contributed by atoms with E-state index in [1.807, 2.05) is 11.9 Å². The zero-order chi connectivity index (χ0) is 23.9. The van der Waals surface area contributed by atoms with Gasteiger partial charge in [0.25, 0.3) is 0 Å². The number of nitrogens with zero attached hydrogens (tertiary/aromatic N) is 2. The number of aliphatic hydroxyl groups excluding tert-OH is 1. The van der Waals surface area contributed by atoms with Crippen LogP contribution in [-0.4, -0.2) is 83.3 Å². The van der Waals surface area contributed by atoms with E-state index in [9.17, 15) is 19.8 Å². The van der Waals surface area contributed by atoms with Crippen LogP contribution in [0.15, 0.2) is 30.5 Å². The first-order chi connectivity index (χ1) is 15.7. The number of phenolic OH excluding ortho intramolecular Hbond substituents is 1. The third-order valence-electron chi connectivity index (χ3n) is 6.55. The summed E-state index contributed by atoms with van der Waals surface area (Å²) >= 11 is 0. The largest absolute Gasteiger partial charge is 0.502 e. The predicted molar refractivity (Wildman–Crippen MR) is 116 cm³/mol. The van der Waals surface area contributed by atoms with E-state index in [1.54, 1.807) is 29.9 Å². The second-order valence-electron chi connectivity index (χ2n) is 8.39. The Morgan fingerprint density at radius 1 is 1.00 bits per heavy atom. The van der Waals surface area contributed by atoms with E-state index < -0.39 is 30.3 Å². The SMILES string of the molecule is COc1cc(C(=O)O[C@H]2C[C@@H]3[C@H](OC(=O)c4cccn4C)[C@H](O)[C@H](C2)N3C)cc(OC)c1O. The highest BCUT2D eigenvalue weighted by Crippen LogP contribution is 2.40. The number of likely N-dealkylation sites (N-methyl/N-ethyl adjacent to an activating group) is 1. The van der Waals surface area contributed by atoms with E-state index in [1.165, 1.54) is 26.4 Å². The molecule has 2 aliphatic heterocycles. The van der Waals surface area contributed by atoms with Crippen molar-refractivity contribution in [3.63, 3.8) is 0 Å². The van der Waals surface area contributed by atoms with Gasteiger partial charge < -0.3 is 33.7 Å². The average molecular weight is 460 g/mol. The van der Waals surface area contributed by atoms with Crippen LogP contribution in [0.25, 0.3) is 0 Å². The minimum Gasteiger partial charge on any atom is -0.502 e. The van der Waals surface area contributed by atoms with Crippen molar-refractivity contribution in [2.45, 2.75) is 43.2 Å². The summed E-state index contributed by atoms with van der Waals surface area (Å²) in [7, 11) is 6.35. The van der Waals surface area contributed by atoms with E-state index in [2.05, 4.69) is 0 Å². The molecule has 1 aromatic carbocycles. The van der Waals surface area contributed by atoms with Crippen molar-refractivity contribution in [2.75, 3.05) is 21.3 Å². The average Bonchev–Trinajstić information content (AvgIpc) is 3.27. The Bertz CT molecular complexity index is 1030. The van der Waals surface area contributed by atoms with E-state index in [0.717, 1.165) is 0 Å². The zero-order valence-corrected chi connectivity index (χ0v) is 18.9. The van der Waals surface area contributed by atoms with Gasteiger partial charge in [-0.15, -0.1) is 0 Å². The van der Waals surface area contributed by atoms with Gasteiger partial charge in [-0.25, -0.2) is 9.59 Å². The quantitative estimate of drug-likeness (QED) is 0.615. The van der Waals surface area contributed by atoms with E-state index in [0.29, 0.717) is 18.5 Å². The highest BCUT2D eigenvalue weighted by atomic mass is 16.6. The molecule has 178 valence electrons. The number of benzene rings is 1. The molecule has 0 amide bonds. The van der Waals surface area contributed by atoms with Crippen LogP contribution in [0.3, 0.4) is 0 Å². The second kappa shape index (κ2) is 8.95. The fourth-order valence-corrected chi connectivity index (χ4v) is 4.74. The van der Waals surface area contributed by atoms with Crippen LogP contribution in [0.2, 0.25) is 0 Å². The summed E-state index contributed by atoms with van der Waals surface area (Å²) in [4.78, 5) is 27.4. The van der Waals surface area contributed by atoms with Crippen LogP contribution in [-0.2, 0) is 16.5 Å². The van der Waals surface area contributed by atoms with E-state index >= 15 is 0 Å². The number of ether oxygens (including phenoxy) is 4. The summed E-state index contributed by atoms with van der Waals surface area (Å²) in [6.07, 6.45) is 0.414. The van der Waals surface area contributed by atoms with Crippen molar-refractivity contribution in [1.29, 1.82) is 0 Å². The van der Waals surface area contributed by atoms with Crippen LogP contribution < -0.4 is 9.47 Å². The van der Waals surface area contributed by atoms with Gasteiger partial charge in [0.1, 0.15) is 24.0 Å². The maximum Gasteiger partial charge on any atom is 0.355 e. The molecular weight excluding hydrogens is 432 g/mol. The molecule has 10 nitrogen and oxygen atoms in total. The first-order valence-electron chi connectivity index (χ1n) is 10.6. The fraction of sp³-hybridized carbons (Fsp3) is 0.478. The lowest BCUT2D eigenvalue weighted by Crippen LogP contribution is -2.46. The molecule has 33 heavy (non-hydrogen) atoms. The maximum atomic E-state index is 12.8. The molecule has 3 heterocycles. The van der Waals surface area contributed by atoms with Gasteiger partial charge in [-0.2, -0.15) is 0 Å². The van der Waals surface area contributed by atoms with Crippen LogP contribution in [0.4, 0.5) is 0 Å². The molecule has 5 atom stereocenters. The topological polar surface area (TPSA) is 120 Å². The summed E-state index contributed by atoms with van der Waals surface area (Å²) in [5, 5.41) is 20.9. The van der Waals surface area contributed by atoms with Gasteiger partial charge in [-0.05, 0) is 31.3 Å². The number of aromatic nitrogens is 1. The molecule has 0 radical (unpaired) electrons. The number of phenols is 1. The van der Waals surface area contributed by atoms with Gasteiger partial charge in [0.05, 0.1) is 25.8 Å². The summed E-state index contributed by atoms with van der Waals surface area (Å²) in [5.74, 6) is -1.14. The maximum absolute atomic E-state index is 12.8. The Balaban J connectivity index is 1.48. The molecule has 0 unspecified atom stereocenters. The van der Waals surface area contributed by atoms with Crippen LogP contribution in [0.1, 0.15) is 33.7 Å². The highest BCUT2D eigenvalue weighted by Gasteiger charge is 2.54. The normalized spacial score (nSPS) is 26.6. The van der Waals surface area contributed by atoms with Crippen molar-refractivity contribution in [3.05, 3.63) is 41.7 Å². The number of aromatic hydroxyl groups is 1. The van der Waals surface area contributed by atoms with Crippen molar-refractivity contribution in [1.82, 2.24) is 9.47 Å². The minimum absolute atomic E-state index is 0.0906. The van der Waals surface area contributed by atoms with Crippen LogP contribution >= 0.6 is 0 Å². The van der Waals surface area contributed by atoms with Gasteiger partial charge in [0.15, 0.2) is 11.5 Å². The Hall–Kier alpha value is -3.24. The fourth-order valence-electron chi connectivity index (χ4n) is 4.74. The molecule has 10 heteroatoms. The third-order valence-corrected chi connectivity index (χ3v) is 6.55. The lowest BCUT2D eigenvalue weighted by atomic mass is 10.00. The lowest BCUT2D eigenvalue weighted by molar-refractivity contribution is -0.0178. The van der Waals surface area contributed by atoms with Crippen molar-refractivity contribution in [2.24, 2.45) is 7.05 Å². The van der Waals surface area contributed by atoms with Crippen LogP contribution in [0.5, 0.6) is 17.2 Å². The Kier molecular flexibility index (Phi) is 6.22. The molecule has 2 aromatic rings. The van der Waals surface area contributed by atoms with E-state index in [-0.39, 0.29) is 34.9 Å². The number of methoxy groups -OCH3 is 2. The summed E-state index contributed by atoms with van der Waals surface area (Å²) in [6, 6.07) is 5.53. The minimum atomic E-state index is -0.901. The number of carbonyl (C=O) groups excluding carboxylic acids is 2. The van der Waals surface area contributed by atoms with Gasteiger partial charge in [-0.1, -0.05) is 0 Å². The molecule has 0 spiro atoms. The molecule has 0 saturated carbocycles. The zero-order valence-electron chi connectivity index (χ0n) is 18.9. The molecular formula is C23H28N2O8. The molecule has 0 aliphatic carbocycles. The molecule has 2 fully saturated rings. The van der Waals surface area contributed by atoms with Gasteiger partial charge >= 0.3 is 11.9 Å². The number of aryl methyl sites for hydroxylation is 1. The number of piperidine rings is 1. The number of fused-ring (bicyclic) bond motifs is 2. The summed E-state index contributed by atoms with van der Waals surface area (Å²) < 4.78 is 23.3. The van der Waals surface area contributed by atoms with Crippen LogP contribution in [0, 0.1) is 0 Å². The molecule has 2 bridgehead atoms. The highest BCUT2D eigenvalue weighted by molar-refractivity contribution is 5.91. The Labute approximate surface area is 191 Å². The summed E-state index contributed by atoms with van der Waals surface area (Å²) in [6.45, 7) is 0. The molecule has 1 aromatic heterocycles. The monoisotopic (exact) mass is 460 g/mol. The van der Waals surface area contributed by atoms with Gasteiger partial charge in [0, 0.05) is 32.1 Å². The lowest BCUT2D eigenvalue weighted by Gasteiger charge is -2.36. The number of hydrogen-bond donors (Lipinski definition) is 2. The van der Waals surface area contributed by atoms with Crippen molar-refractivity contribution >= 4 is 11.9 Å². The first kappa shape index (κ1) is 22.9. The Morgan fingerprint density at radius 3 is 2.21 bits per heavy atom.